The highest BCUT2D eigenvalue weighted by Crippen LogP contribution is 2.39. The molecule has 0 amide bonds. The Morgan fingerprint density at radius 3 is 2.96 bits per heavy atom. The second-order valence-electron chi connectivity index (χ2n) is 8.60. The average molecular weight is 367 g/mol. The minimum atomic E-state index is 0.278. The van der Waals surface area contributed by atoms with E-state index in [0.29, 0.717) is 5.41 Å². The van der Waals surface area contributed by atoms with Crippen molar-refractivity contribution in [2.24, 2.45) is 5.41 Å². The Labute approximate surface area is 160 Å². The van der Waals surface area contributed by atoms with Crippen LogP contribution in [-0.4, -0.2) is 53.9 Å². The first-order valence-corrected chi connectivity index (χ1v) is 10.3. The lowest BCUT2D eigenvalue weighted by molar-refractivity contribution is 0.00370. The molecule has 1 atom stereocenters. The van der Waals surface area contributed by atoms with Crippen LogP contribution in [-0.2, 0) is 11.3 Å². The van der Waals surface area contributed by atoms with Crippen LogP contribution < -0.4 is 10.2 Å². The first-order valence-electron chi connectivity index (χ1n) is 10.3. The molecule has 1 N–H and O–H groups in total. The Hall–Kier alpha value is -1.92. The quantitative estimate of drug-likeness (QED) is 0.900. The maximum Gasteiger partial charge on any atom is 0.113 e. The van der Waals surface area contributed by atoms with Crippen LogP contribution in [0, 0.1) is 12.3 Å². The van der Waals surface area contributed by atoms with Crippen molar-refractivity contribution in [1.82, 2.24) is 20.3 Å². The van der Waals surface area contributed by atoms with E-state index in [-0.39, 0.29) is 6.10 Å². The van der Waals surface area contributed by atoms with E-state index < -0.39 is 0 Å². The molecule has 2 aromatic rings. The summed E-state index contributed by atoms with van der Waals surface area (Å²) in [5.74, 6) is 0. The summed E-state index contributed by atoms with van der Waals surface area (Å²) in [6.07, 6.45) is 7.20. The minimum absolute atomic E-state index is 0.278. The summed E-state index contributed by atoms with van der Waals surface area (Å²) >= 11 is 0. The van der Waals surface area contributed by atoms with Crippen LogP contribution in [0.5, 0.6) is 0 Å². The number of ether oxygens (including phenoxy) is 1. The second kappa shape index (κ2) is 6.91. The molecule has 3 aliphatic heterocycles. The van der Waals surface area contributed by atoms with Crippen molar-refractivity contribution in [2.45, 2.75) is 45.3 Å². The molecule has 144 valence electrons. The summed E-state index contributed by atoms with van der Waals surface area (Å²) in [6.45, 7) is 8.55. The highest BCUT2D eigenvalue weighted by Gasteiger charge is 2.44. The van der Waals surface area contributed by atoms with Gasteiger partial charge in [-0.1, -0.05) is 11.3 Å². The summed E-state index contributed by atoms with van der Waals surface area (Å²) < 4.78 is 7.76. The Balaban J connectivity index is 1.27. The van der Waals surface area contributed by atoms with Crippen molar-refractivity contribution in [3.63, 3.8) is 0 Å². The van der Waals surface area contributed by atoms with Crippen LogP contribution in [0.2, 0.25) is 0 Å². The molecule has 6 nitrogen and oxygen atoms in total. The molecular weight excluding hydrogens is 338 g/mol. The van der Waals surface area contributed by atoms with E-state index in [2.05, 4.69) is 51.8 Å². The van der Waals surface area contributed by atoms with Crippen LogP contribution in [0.1, 0.15) is 31.2 Å². The van der Waals surface area contributed by atoms with Crippen molar-refractivity contribution in [3.8, 4) is 11.3 Å². The van der Waals surface area contributed by atoms with Gasteiger partial charge in [-0.3, -0.25) is 0 Å². The summed E-state index contributed by atoms with van der Waals surface area (Å²) in [4.78, 5) is 2.50. The monoisotopic (exact) mass is 367 g/mol. The van der Waals surface area contributed by atoms with Crippen LogP contribution in [0.25, 0.3) is 11.3 Å². The molecule has 0 aliphatic carbocycles. The van der Waals surface area contributed by atoms with Gasteiger partial charge in [-0.2, -0.15) is 0 Å². The molecule has 0 radical (unpaired) electrons. The fourth-order valence-electron chi connectivity index (χ4n) is 4.81. The molecule has 1 aromatic carbocycles. The van der Waals surface area contributed by atoms with Crippen LogP contribution in [0.4, 0.5) is 5.69 Å². The van der Waals surface area contributed by atoms with Gasteiger partial charge in [-0.15, -0.1) is 5.10 Å². The minimum Gasteiger partial charge on any atom is -0.376 e. The van der Waals surface area contributed by atoms with Crippen molar-refractivity contribution in [2.75, 3.05) is 37.7 Å². The first kappa shape index (κ1) is 17.2. The van der Waals surface area contributed by atoms with Gasteiger partial charge in [0.2, 0.25) is 0 Å². The number of rotatable bonds is 4. The van der Waals surface area contributed by atoms with Crippen molar-refractivity contribution < 1.29 is 4.74 Å². The molecule has 3 aliphatic rings. The maximum absolute atomic E-state index is 5.82. The number of anilines is 1. The molecule has 5 rings (SSSR count). The molecule has 4 heterocycles. The number of hydrogen-bond donors (Lipinski definition) is 1. The third kappa shape index (κ3) is 3.36. The topological polar surface area (TPSA) is 55.2 Å². The zero-order valence-electron chi connectivity index (χ0n) is 16.2. The number of aromatic nitrogens is 3. The predicted molar refractivity (Wildman–Crippen MR) is 106 cm³/mol. The Kier molecular flexibility index (Phi) is 4.40. The van der Waals surface area contributed by atoms with Crippen molar-refractivity contribution in [1.29, 1.82) is 0 Å². The van der Waals surface area contributed by atoms with Gasteiger partial charge in [0.15, 0.2) is 0 Å². The number of benzene rings is 1. The first-order chi connectivity index (χ1) is 13.2. The highest BCUT2D eigenvalue weighted by atomic mass is 16.5. The summed E-state index contributed by atoms with van der Waals surface area (Å²) in [5, 5.41) is 12.3. The van der Waals surface area contributed by atoms with Crippen LogP contribution in [0.15, 0.2) is 24.4 Å². The van der Waals surface area contributed by atoms with E-state index in [4.69, 9.17) is 4.74 Å². The van der Waals surface area contributed by atoms with Gasteiger partial charge in [0, 0.05) is 42.9 Å². The summed E-state index contributed by atoms with van der Waals surface area (Å²) in [6, 6.07) is 6.74. The van der Waals surface area contributed by atoms with Gasteiger partial charge < -0.3 is 15.0 Å². The number of aryl methyl sites for hydroxylation is 1. The zero-order valence-corrected chi connectivity index (χ0v) is 16.2. The molecule has 3 fully saturated rings. The normalized spacial score (nSPS) is 24.3. The molecule has 3 saturated heterocycles. The molecule has 0 unspecified atom stereocenters. The average Bonchev–Trinajstić information content (AvgIpc) is 3.31. The van der Waals surface area contributed by atoms with Gasteiger partial charge in [-0.25, -0.2) is 4.68 Å². The molecule has 6 heteroatoms. The number of hydrogen-bond acceptors (Lipinski definition) is 5. The van der Waals surface area contributed by atoms with Crippen LogP contribution >= 0.6 is 0 Å². The third-order valence-electron chi connectivity index (χ3n) is 6.44. The SMILES string of the molecule is Cc1cc(N2CC3(CCNC3)C2)ccc1-c1cn(C[C@H]2CCCCO2)nn1. The third-order valence-corrected chi connectivity index (χ3v) is 6.44. The standard InChI is InChI=1S/C21H29N5O/c1-16-10-17(25-14-21(15-25)7-8-22-13-21)5-6-19(16)20-12-26(24-23-20)11-18-4-2-3-9-27-18/h5-6,10,12,18,22H,2-4,7-9,11,13-15H2,1H3/t18-/m1/s1. The lowest BCUT2D eigenvalue weighted by Crippen LogP contribution is -2.57. The molecule has 1 spiro atoms. The van der Waals surface area contributed by atoms with Gasteiger partial charge in [0.05, 0.1) is 18.8 Å². The maximum atomic E-state index is 5.82. The van der Waals surface area contributed by atoms with E-state index in [1.165, 1.54) is 62.3 Å². The van der Waals surface area contributed by atoms with E-state index in [1.54, 1.807) is 0 Å². The number of nitrogens with one attached hydrogen (secondary N) is 1. The predicted octanol–water partition coefficient (Wildman–Crippen LogP) is 2.62. The van der Waals surface area contributed by atoms with E-state index in [9.17, 15) is 0 Å². The summed E-state index contributed by atoms with van der Waals surface area (Å²) in [5.41, 5.74) is 5.24. The largest absolute Gasteiger partial charge is 0.376 e. The number of nitrogens with zero attached hydrogens (tertiary/aromatic N) is 4. The molecule has 27 heavy (non-hydrogen) atoms. The molecule has 0 bridgehead atoms. The molecule has 0 saturated carbocycles. The Morgan fingerprint density at radius 1 is 1.30 bits per heavy atom. The molecule has 1 aromatic heterocycles. The lowest BCUT2D eigenvalue weighted by atomic mass is 9.78. The van der Waals surface area contributed by atoms with Crippen molar-refractivity contribution in [3.05, 3.63) is 30.0 Å². The molecular formula is C21H29N5O. The van der Waals surface area contributed by atoms with Crippen LogP contribution in [0.3, 0.4) is 0 Å². The van der Waals surface area contributed by atoms with E-state index >= 15 is 0 Å². The Morgan fingerprint density at radius 2 is 2.22 bits per heavy atom. The summed E-state index contributed by atoms with van der Waals surface area (Å²) in [7, 11) is 0. The van der Waals surface area contributed by atoms with E-state index in [1.807, 2.05) is 4.68 Å². The fourth-order valence-corrected chi connectivity index (χ4v) is 4.81. The van der Waals surface area contributed by atoms with E-state index in [0.717, 1.165) is 25.3 Å². The smallest absolute Gasteiger partial charge is 0.113 e. The highest BCUT2D eigenvalue weighted by molar-refractivity contribution is 5.67. The second-order valence-corrected chi connectivity index (χ2v) is 8.60. The van der Waals surface area contributed by atoms with Gasteiger partial charge >= 0.3 is 0 Å². The van der Waals surface area contributed by atoms with Crippen molar-refractivity contribution >= 4 is 5.69 Å². The lowest BCUT2D eigenvalue weighted by Gasteiger charge is -2.49. The van der Waals surface area contributed by atoms with Gasteiger partial charge in [-0.05, 0) is 56.8 Å². The zero-order chi connectivity index (χ0) is 18.3. The fraction of sp³-hybridized carbons (Fsp3) is 0.619. The van der Waals surface area contributed by atoms with Gasteiger partial charge in [0.25, 0.3) is 0 Å². The Bertz CT molecular complexity index is 797. The van der Waals surface area contributed by atoms with Gasteiger partial charge in [0.1, 0.15) is 5.69 Å².